The number of carbonyl (C=O) groups excluding carboxylic acids is 1. The number of nitrogens with one attached hydrogen (secondary N) is 2. The maximum absolute atomic E-state index is 12.0. The largest absolute Gasteiger partial charge is 0.480 e. The van der Waals surface area contributed by atoms with Crippen molar-refractivity contribution >= 4 is 11.9 Å². The van der Waals surface area contributed by atoms with Crippen LogP contribution in [0.15, 0.2) is 0 Å². The molecule has 0 spiro atoms. The van der Waals surface area contributed by atoms with Crippen molar-refractivity contribution in [2.45, 2.75) is 57.5 Å². The number of carbonyl (C=O) groups is 2. The van der Waals surface area contributed by atoms with Gasteiger partial charge in [0.25, 0.3) is 0 Å². The van der Waals surface area contributed by atoms with Crippen LogP contribution >= 0.6 is 0 Å². The first-order valence-electron chi connectivity index (χ1n) is 6.28. The van der Waals surface area contributed by atoms with Gasteiger partial charge in [0.15, 0.2) is 0 Å². The Kier molecular flexibility index (Phi) is 4.93. The zero-order chi connectivity index (χ0) is 12.9. The first-order valence-corrected chi connectivity index (χ1v) is 6.28. The molecule has 0 aromatic heterocycles. The van der Waals surface area contributed by atoms with Crippen LogP contribution in [-0.2, 0) is 9.59 Å². The van der Waals surface area contributed by atoms with Crippen LogP contribution in [-0.4, -0.2) is 35.1 Å². The van der Waals surface area contributed by atoms with E-state index < -0.39 is 17.6 Å². The average Bonchev–Trinajstić information content (AvgIpc) is 2.72. The summed E-state index contributed by atoms with van der Waals surface area (Å²) in [5, 5.41) is 14.8. The van der Waals surface area contributed by atoms with Crippen molar-refractivity contribution < 1.29 is 14.7 Å². The molecule has 1 saturated heterocycles. The van der Waals surface area contributed by atoms with Crippen molar-refractivity contribution in [3.8, 4) is 0 Å². The Balaban J connectivity index is 2.54. The first-order chi connectivity index (χ1) is 7.99. The maximum atomic E-state index is 12.0. The quantitative estimate of drug-likeness (QED) is 0.646. The van der Waals surface area contributed by atoms with Gasteiger partial charge in [0, 0.05) is 0 Å². The number of carboxylic acid groups (broad SMARTS) is 1. The molecular weight excluding hydrogens is 220 g/mol. The van der Waals surface area contributed by atoms with E-state index >= 15 is 0 Å². The summed E-state index contributed by atoms with van der Waals surface area (Å²) in [6.45, 7) is 4.64. The molecule has 1 rings (SSSR count). The summed E-state index contributed by atoms with van der Waals surface area (Å²) in [5.74, 6) is -1.15. The lowest BCUT2D eigenvalue weighted by Crippen LogP contribution is -2.55. The molecule has 1 heterocycles. The fourth-order valence-corrected chi connectivity index (χ4v) is 2.07. The number of amides is 1. The molecule has 1 aliphatic rings. The zero-order valence-electron chi connectivity index (χ0n) is 10.6. The Morgan fingerprint density at radius 3 is 2.71 bits per heavy atom. The maximum Gasteiger partial charge on any atom is 0.326 e. The van der Waals surface area contributed by atoms with Gasteiger partial charge in [0.05, 0.1) is 5.54 Å². The van der Waals surface area contributed by atoms with Gasteiger partial charge < -0.3 is 15.7 Å². The van der Waals surface area contributed by atoms with Crippen molar-refractivity contribution in [1.29, 1.82) is 0 Å². The Hall–Kier alpha value is -1.10. The summed E-state index contributed by atoms with van der Waals surface area (Å²) in [5.41, 5.74) is -0.597. The fraction of sp³-hybridized carbons (Fsp3) is 0.833. The molecule has 5 heteroatoms. The number of unbranched alkanes of at least 4 members (excludes halogenated alkanes) is 1. The van der Waals surface area contributed by atoms with E-state index in [2.05, 4.69) is 10.6 Å². The Labute approximate surface area is 102 Å². The molecule has 1 aliphatic heterocycles. The number of aliphatic carboxylic acids is 1. The van der Waals surface area contributed by atoms with E-state index in [0.717, 1.165) is 32.2 Å². The molecule has 17 heavy (non-hydrogen) atoms. The van der Waals surface area contributed by atoms with Crippen LogP contribution in [0, 0.1) is 0 Å². The molecule has 0 radical (unpaired) electrons. The van der Waals surface area contributed by atoms with E-state index in [0.29, 0.717) is 6.42 Å². The Morgan fingerprint density at radius 1 is 1.53 bits per heavy atom. The highest BCUT2D eigenvalue weighted by Gasteiger charge is 2.37. The number of hydrogen-bond acceptors (Lipinski definition) is 3. The third-order valence-electron chi connectivity index (χ3n) is 3.32. The Morgan fingerprint density at radius 2 is 2.24 bits per heavy atom. The molecule has 1 amide bonds. The molecule has 5 nitrogen and oxygen atoms in total. The molecule has 0 saturated carbocycles. The van der Waals surface area contributed by atoms with Crippen LogP contribution < -0.4 is 10.6 Å². The molecule has 0 aliphatic carbocycles. The van der Waals surface area contributed by atoms with Crippen LogP contribution in [0.25, 0.3) is 0 Å². The summed E-state index contributed by atoms with van der Waals surface area (Å²) < 4.78 is 0. The van der Waals surface area contributed by atoms with E-state index in [1.165, 1.54) is 0 Å². The van der Waals surface area contributed by atoms with Crippen molar-refractivity contribution in [3.63, 3.8) is 0 Å². The predicted molar refractivity (Wildman–Crippen MR) is 64.7 cm³/mol. The highest BCUT2D eigenvalue weighted by molar-refractivity contribution is 5.90. The van der Waals surface area contributed by atoms with E-state index in [9.17, 15) is 9.59 Å². The van der Waals surface area contributed by atoms with Gasteiger partial charge in [-0.1, -0.05) is 19.8 Å². The van der Waals surface area contributed by atoms with Crippen molar-refractivity contribution in [2.24, 2.45) is 0 Å². The molecule has 0 bridgehead atoms. The second-order valence-electron chi connectivity index (χ2n) is 4.87. The van der Waals surface area contributed by atoms with Crippen molar-refractivity contribution in [1.82, 2.24) is 10.6 Å². The van der Waals surface area contributed by atoms with Crippen molar-refractivity contribution in [3.05, 3.63) is 0 Å². The highest BCUT2D eigenvalue weighted by atomic mass is 16.4. The predicted octanol–water partition coefficient (Wildman–Crippen LogP) is 0.888. The van der Waals surface area contributed by atoms with Gasteiger partial charge in [-0.05, 0) is 32.7 Å². The minimum atomic E-state index is -0.951. The van der Waals surface area contributed by atoms with Crippen LogP contribution in [0.3, 0.4) is 0 Å². The first kappa shape index (κ1) is 14.0. The van der Waals surface area contributed by atoms with E-state index in [1.807, 2.05) is 13.8 Å². The van der Waals surface area contributed by atoms with Gasteiger partial charge in [-0.25, -0.2) is 4.79 Å². The molecule has 3 N–H and O–H groups in total. The van der Waals surface area contributed by atoms with E-state index in [4.69, 9.17) is 5.11 Å². The van der Waals surface area contributed by atoms with Crippen LogP contribution in [0.4, 0.5) is 0 Å². The average molecular weight is 242 g/mol. The molecular formula is C12H22N2O3. The second-order valence-corrected chi connectivity index (χ2v) is 4.87. The summed E-state index contributed by atoms with van der Waals surface area (Å²) in [4.78, 5) is 23.0. The van der Waals surface area contributed by atoms with Crippen LogP contribution in [0.1, 0.15) is 46.0 Å². The van der Waals surface area contributed by atoms with Crippen LogP contribution in [0.5, 0.6) is 0 Å². The summed E-state index contributed by atoms with van der Waals surface area (Å²) in [7, 11) is 0. The Bertz CT molecular complexity index is 285. The number of carboxylic acids is 1. The molecule has 2 unspecified atom stereocenters. The summed E-state index contributed by atoms with van der Waals surface area (Å²) in [6.07, 6.45) is 3.94. The van der Waals surface area contributed by atoms with Crippen molar-refractivity contribution in [2.75, 3.05) is 6.54 Å². The SMILES string of the molecule is CCCCC(NC(=O)C1(C)CCCN1)C(=O)O. The van der Waals surface area contributed by atoms with Gasteiger partial charge in [0.1, 0.15) is 6.04 Å². The third kappa shape index (κ3) is 3.70. The number of rotatable bonds is 6. The summed E-state index contributed by atoms with van der Waals surface area (Å²) in [6, 6.07) is -0.762. The highest BCUT2D eigenvalue weighted by Crippen LogP contribution is 2.19. The topological polar surface area (TPSA) is 78.4 Å². The lowest BCUT2D eigenvalue weighted by molar-refractivity contribution is -0.143. The van der Waals surface area contributed by atoms with Crippen LogP contribution in [0.2, 0.25) is 0 Å². The molecule has 0 aromatic rings. The minimum absolute atomic E-state index is 0.196. The molecule has 98 valence electrons. The fourth-order valence-electron chi connectivity index (χ4n) is 2.07. The molecule has 1 fully saturated rings. The van der Waals surface area contributed by atoms with Gasteiger partial charge in [-0.3, -0.25) is 4.79 Å². The molecule has 0 aromatic carbocycles. The lowest BCUT2D eigenvalue weighted by Gasteiger charge is -2.25. The summed E-state index contributed by atoms with van der Waals surface area (Å²) >= 11 is 0. The number of hydrogen-bond donors (Lipinski definition) is 3. The smallest absolute Gasteiger partial charge is 0.326 e. The van der Waals surface area contributed by atoms with Gasteiger partial charge >= 0.3 is 5.97 Å². The monoisotopic (exact) mass is 242 g/mol. The van der Waals surface area contributed by atoms with Gasteiger partial charge in [-0.2, -0.15) is 0 Å². The minimum Gasteiger partial charge on any atom is -0.480 e. The lowest BCUT2D eigenvalue weighted by atomic mass is 9.98. The third-order valence-corrected chi connectivity index (χ3v) is 3.32. The normalized spacial score (nSPS) is 25.5. The standard InChI is InChI=1S/C12H22N2O3/c1-3-4-6-9(10(15)16)14-11(17)12(2)7-5-8-13-12/h9,13H,3-8H2,1-2H3,(H,14,17)(H,15,16). The van der Waals surface area contributed by atoms with Gasteiger partial charge in [-0.15, -0.1) is 0 Å². The van der Waals surface area contributed by atoms with E-state index in [1.54, 1.807) is 0 Å². The van der Waals surface area contributed by atoms with E-state index in [-0.39, 0.29) is 5.91 Å². The second kappa shape index (κ2) is 6.00. The van der Waals surface area contributed by atoms with Gasteiger partial charge in [0.2, 0.25) is 5.91 Å². The molecule has 2 atom stereocenters. The zero-order valence-corrected chi connectivity index (χ0v) is 10.6.